The van der Waals surface area contributed by atoms with Crippen LogP contribution in [0.15, 0.2) is 63.5 Å². The summed E-state index contributed by atoms with van der Waals surface area (Å²) in [6, 6.07) is 11.9. The van der Waals surface area contributed by atoms with Crippen molar-refractivity contribution in [1.82, 2.24) is 4.57 Å². The van der Waals surface area contributed by atoms with Gasteiger partial charge in [-0.3, -0.25) is 9.36 Å². The number of ether oxygens (including phenoxy) is 3. The molecular weight excluding hydrogens is 488 g/mol. The van der Waals surface area contributed by atoms with Gasteiger partial charge in [0.2, 0.25) is 0 Å². The van der Waals surface area contributed by atoms with Crippen molar-refractivity contribution in [3.63, 3.8) is 0 Å². The maximum absolute atomic E-state index is 13.7. The third-order valence-corrected chi connectivity index (χ3v) is 6.83. The zero-order valence-corrected chi connectivity index (χ0v) is 21.4. The van der Waals surface area contributed by atoms with Crippen LogP contribution >= 0.6 is 22.9 Å². The summed E-state index contributed by atoms with van der Waals surface area (Å²) < 4.78 is 18.3. The summed E-state index contributed by atoms with van der Waals surface area (Å²) in [6.45, 7) is 6.05. The minimum Gasteiger partial charge on any atom is -0.493 e. The number of thiazole rings is 1. The number of nitrogens with zero attached hydrogens (tertiary/aromatic N) is 2. The number of methoxy groups -OCH3 is 1. The predicted molar refractivity (Wildman–Crippen MR) is 136 cm³/mol. The van der Waals surface area contributed by atoms with Crippen LogP contribution in [0.3, 0.4) is 0 Å². The summed E-state index contributed by atoms with van der Waals surface area (Å²) in [6.07, 6.45) is 1.78. The van der Waals surface area contributed by atoms with Gasteiger partial charge in [0.05, 0.1) is 36.1 Å². The molecule has 0 bridgehead atoms. The van der Waals surface area contributed by atoms with E-state index in [1.807, 2.05) is 25.1 Å². The first kappa shape index (κ1) is 24.8. The van der Waals surface area contributed by atoms with E-state index < -0.39 is 12.0 Å². The number of halogens is 1. The summed E-state index contributed by atoms with van der Waals surface area (Å²) in [4.78, 5) is 31.7. The Hall–Kier alpha value is -3.36. The molecule has 0 spiro atoms. The number of hydrogen-bond donors (Lipinski definition) is 0. The van der Waals surface area contributed by atoms with Gasteiger partial charge in [-0.1, -0.05) is 47.2 Å². The fraction of sp³-hybridized carbons (Fsp3) is 0.269. The van der Waals surface area contributed by atoms with Crippen LogP contribution in [0, 0.1) is 0 Å². The maximum atomic E-state index is 13.7. The van der Waals surface area contributed by atoms with Crippen molar-refractivity contribution in [3.05, 3.63) is 89.6 Å². The van der Waals surface area contributed by atoms with Gasteiger partial charge in [0, 0.05) is 5.02 Å². The van der Waals surface area contributed by atoms with Crippen LogP contribution in [0.1, 0.15) is 37.9 Å². The van der Waals surface area contributed by atoms with Gasteiger partial charge in [0.15, 0.2) is 16.3 Å². The monoisotopic (exact) mass is 512 g/mol. The van der Waals surface area contributed by atoms with Crippen molar-refractivity contribution >= 4 is 35.0 Å². The molecule has 7 nitrogen and oxygen atoms in total. The second-order valence-electron chi connectivity index (χ2n) is 7.67. The molecule has 0 saturated carbocycles. The number of carbonyl (C=O) groups excluding carboxylic acids is 1. The summed E-state index contributed by atoms with van der Waals surface area (Å²) in [5, 5.41) is 0.445. The highest BCUT2D eigenvalue weighted by Gasteiger charge is 2.34. The van der Waals surface area contributed by atoms with Crippen LogP contribution in [-0.4, -0.2) is 30.9 Å². The van der Waals surface area contributed by atoms with Crippen molar-refractivity contribution < 1.29 is 19.0 Å². The van der Waals surface area contributed by atoms with Gasteiger partial charge in [0.1, 0.15) is 6.04 Å². The lowest BCUT2D eigenvalue weighted by Gasteiger charge is -2.25. The van der Waals surface area contributed by atoms with Gasteiger partial charge in [-0.05, 0) is 56.2 Å². The first-order valence-corrected chi connectivity index (χ1v) is 12.3. The molecule has 2 aromatic carbocycles. The van der Waals surface area contributed by atoms with E-state index in [4.69, 9.17) is 25.8 Å². The van der Waals surface area contributed by atoms with E-state index in [1.54, 1.807) is 51.3 Å². The predicted octanol–water partition coefficient (Wildman–Crippen LogP) is 3.86. The number of aromatic nitrogens is 1. The zero-order valence-electron chi connectivity index (χ0n) is 19.8. The Bertz CT molecular complexity index is 1490. The Morgan fingerprint density at radius 1 is 1.17 bits per heavy atom. The van der Waals surface area contributed by atoms with Gasteiger partial charge in [-0.15, -0.1) is 0 Å². The fourth-order valence-corrected chi connectivity index (χ4v) is 5.27. The Balaban J connectivity index is 1.93. The van der Waals surface area contributed by atoms with Gasteiger partial charge < -0.3 is 14.2 Å². The molecule has 1 atom stereocenters. The summed E-state index contributed by atoms with van der Waals surface area (Å²) in [7, 11) is 1.58. The molecular formula is C26H25ClN2O5S. The molecule has 1 aromatic heterocycles. The lowest BCUT2D eigenvalue weighted by atomic mass is 9.96. The average molecular weight is 513 g/mol. The third-order valence-electron chi connectivity index (χ3n) is 5.50. The quantitative estimate of drug-likeness (QED) is 0.449. The van der Waals surface area contributed by atoms with Crippen LogP contribution in [0.5, 0.6) is 11.5 Å². The molecule has 3 aromatic rings. The van der Waals surface area contributed by atoms with Crippen molar-refractivity contribution in [1.29, 1.82) is 0 Å². The highest BCUT2D eigenvalue weighted by atomic mass is 35.5. The molecule has 1 aliphatic heterocycles. The molecule has 35 heavy (non-hydrogen) atoms. The van der Waals surface area contributed by atoms with Gasteiger partial charge in [0.25, 0.3) is 5.56 Å². The number of fused-ring (bicyclic) bond motifs is 1. The summed E-state index contributed by atoms with van der Waals surface area (Å²) in [5.41, 5.74) is 1.91. The fourth-order valence-electron chi connectivity index (χ4n) is 3.99. The first-order chi connectivity index (χ1) is 16.9. The molecule has 1 unspecified atom stereocenters. The first-order valence-electron chi connectivity index (χ1n) is 11.1. The number of benzene rings is 2. The molecule has 0 radical (unpaired) electrons. The topological polar surface area (TPSA) is 79.1 Å². The second kappa shape index (κ2) is 10.5. The smallest absolute Gasteiger partial charge is 0.338 e. The Morgan fingerprint density at radius 3 is 2.63 bits per heavy atom. The van der Waals surface area contributed by atoms with Gasteiger partial charge in [-0.2, -0.15) is 0 Å². The maximum Gasteiger partial charge on any atom is 0.338 e. The largest absolute Gasteiger partial charge is 0.493 e. The number of carbonyl (C=O) groups is 1. The highest BCUT2D eigenvalue weighted by molar-refractivity contribution is 7.07. The summed E-state index contributed by atoms with van der Waals surface area (Å²) in [5.74, 6) is 0.675. The highest BCUT2D eigenvalue weighted by Crippen LogP contribution is 2.34. The van der Waals surface area contributed by atoms with E-state index in [-0.39, 0.29) is 12.2 Å². The Labute approximate surface area is 211 Å². The molecule has 1 aliphatic rings. The van der Waals surface area contributed by atoms with E-state index in [1.165, 1.54) is 15.9 Å². The van der Waals surface area contributed by atoms with Crippen LogP contribution < -0.4 is 24.4 Å². The molecule has 0 amide bonds. The van der Waals surface area contributed by atoms with E-state index in [9.17, 15) is 9.59 Å². The lowest BCUT2D eigenvalue weighted by Crippen LogP contribution is -2.40. The van der Waals surface area contributed by atoms with Gasteiger partial charge >= 0.3 is 5.97 Å². The Morgan fingerprint density at radius 2 is 1.94 bits per heavy atom. The molecule has 2 heterocycles. The second-order valence-corrected chi connectivity index (χ2v) is 9.08. The minimum absolute atomic E-state index is 0.203. The molecule has 182 valence electrons. The SMILES string of the molecule is CCOC(=O)C1=C(C)N=c2sc(=Cc3ccc(OC)c(OCC)c3)c(=O)n2C1c1ccccc1Cl. The standard InChI is InChI=1S/C26H25ClN2O5S/c1-5-33-20-13-16(11-12-19(20)32-4)14-21-24(30)29-23(17-9-7-8-10-18(17)27)22(25(31)34-6-2)15(3)28-26(29)35-21/h7-14,23H,5-6H2,1-4H3. The van der Waals surface area contributed by atoms with Crippen LogP contribution in [0.4, 0.5) is 0 Å². The molecule has 0 N–H and O–H groups in total. The van der Waals surface area contributed by atoms with E-state index >= 15 is 0 Å². The summed E-state index contributed by atoms with van der Waals surface area (Å²) >= 11 is 7.78. The van der Waals surface area contributed by atoms with E-state index in [0.717, 1.165) is 5.56 Å². The number of esters is 1. The van der Waals surface area contributed by atoms with Crippen molar-refractivity contribution in [2.24, 2.45) is 4.99 Å². The van der Waals surface area contributed by atoms with Crippen LogP contribution in [0.25, 0.3) is 6.08 Å². The van der Waals surface area contributed by atoms with Gasteiger partial charge in [-0.25, -0.2) is 9.79 Å². The third kappa shape index (κ3) is 4.76. The number of allylic oxidation sites excluding steroid dienone is 1. The number of rotatable bonds is 7. The molecule has 0 saturated heterocycles. The van der Waals surface area contributed by atoms with Crippen molar-refractivity contribution in [2.75, 3.05) is 20.3 Å². The molecule has 9 heteroatoms. The lowest BCUT2D eigenvalue weighted by molar-refractivity contribution is -0.139. The van der Waals surface area contributed by atoms with Crippen molar-refractivity contribution in [3.8, 4) is 11.5 Å². The Kier molecular flexibility index (Phi) is 7.42. The van der Waals surface area contributed by atoms with E-state index in [2.05, 4.69) is 4.99 Å². The van der Waals surface area contributed by atoms with Crippen LogP contribution in [-0.2, 0) is 9.53 Å². The van der Waals surface area contributed by atoms with E-state index in [0.29, 0.717) is 49.3 Å². The minimum atomic E-state index is -0.754. The van der Waals surface area contributed by atoms with Crippen molar-refractivity contribution in [2.45, 2.75) is 26.8 Å². The normalized spacial score (nSPS) is 15.5. The molecule has 4 rings (SSSR count). The molecule has 0 aliphatic carbocycles. The molecule has 0 fully saturated rings. The van der Waals surface area contributed by atoms with Crippen LogP contribution in [0.2, 0.25) is 5.02 Å². The number of hydrogen-bond acceptors (Lipinski definition) is 7. The zero-order chi connectivity index (χ0) is 25.1. The average Bonchev–Trinajstić information content (AvgIpc) is 3.13.